The number of rotatable bonds is 0. The second kappa shape index (κ2) is 2.13. The van der Waals surface area contributed by atoms with Gasteiger partial charge < -0.3 is 10.2 Å². The zero-order chi connectivity index (χ0) is 5.98. The lowest BCUT2D eigenvalue weighted by Gasteiger charge is -2.01. The monoisotopic (exact) mass is 128 g/mol. The molecule has 0 aromatic carbocycles. The normalized spacial score (nSPS) is 19.5. The Morgan fingerprint density at radius 2 is 2.25 bits per heavy atom. The second-order valence-electron chi connectivity index (χ2n) is 1.26. The molecule has 2 N–H and O–H groups in total. The molecule has 0 bridgehead atoms. The molecule has 0 saturated carbocycles. The molecule has 0 aromatic rings. The van der Waals surface area contributed by atoms with Gasteiger partial charge >= 0.3 is 0 Å². The Labute approximate surface area is 51.5 Å². The lowest BCUT2D eigenvalue weighted by molar-refractivity contribution is 0.349. The number of aliphatic hydroxyl groups is 2. The minimum absolute atomic E-state index is 0.122. The van der Waals surface area contributed by atoms with Crippen LogP contribution in [-0.4, -0.2) is 10.2 Å². The van der Waals surface area contributed by atoms with Gasteiger partial charge in [0, 0.05) is 0 Å². The van der Waals surface area contributed by atoms with Gasteiger partial charge in [0.05, 0.1) is 0 Å². The van der Waals surface area contributed by atoms with E-state index in [1.54, 1.807) is 5.41 Å². The summed E-state index contributed by atoms with van der Waals surface area (Å²) in [5.41, 5.74) is 0. The lowest BCUT2D eigenvalue weighted by Crippen LogP contribution is -1.88. The Bertz CT molecular complexity index is 149. The van der Waals surface area contributed by atoms with Crippen LogP contribution in [0.25, 0.3) is 0 Å². The molecule has 2 nitrogen and oxygen atoms in total. The highest BCUT2D eigenvalue weighted by Gasteiger charge is 2.04. The van der Waals surface area contributed by atoms with Crippen molar-refractivity contribution in [3.63, 3.8) is 0 Å². The summed E-state index contributed by atoms with van der Waals surface area (Å²) in [6, 6.07) is 0. The molecule has 8 heavy (non-hydrogen) atoms. The number of allylic oxidation sites excluding steroid dienone is 1. The zero-order valence-electron chi connectivity index (χ0n) is 3.96. The van der Waals surface area contributed by atoms with Crippen molar-refractivity contribution in [3.8, 4) is 0 Å². The second-order valence-corrected chi connectivity index (χ2v) is 1.97. The largest absolute Gasteiger partial charge is 0.507 e. The van der Waals surface area contributed by atoms with Gasteiger partial charge in [0.25, 0.3) is 0 Å². The van der Waals surface area contributed by atoms with Gasteiger partial charge in [-0.05, 0) is 11.5 Å². The summed E-state index contributed by atoms with van der Waals surface area (Å²) in [6.07, 6.45) is 1.41. The molecule has 1 aliphatic rings. The van der Waals surface area contributed by atoms with E-state index in [0.717, 1.165) is 0 Å². The molecule has 0 amide bonds. The lowest BCUT2D eigenvalue weighted by atomic mass is 10.4. The van der Waals surface area contributed by atoms with Crippen LogP contribution >= 0.6 is 11.8 Å². The first-order valence-electron chi connectivity index (χ1n) is 2.01. The van der Waals surface area contributed by atoms with Crippen molar-refractivity contribution in [3.05, 3.63) is 28.8 Å². The minimum Gasteiger partial charge on any atom is -0.507 e. The Kier molecular flexibility index (Phi) is 1.48. The number of hydrogen-bond donors (Lipinski definition) is 2. The molecule has 1 aliphatic heterocycles. The molecule has 0 aromatic heterocycles. The fourth-order valence-electron chi connectivity index (χ4n) is 0.320. The molecular weight excluding hydrogens is 124 g/mol. The van der Waals surface area contributed by atoms with E-state index in [1.165, 1.54) is 17.8 Å². The highest BCUT2D eigenvalue weighted by atomic mass is 32.2. The number of thioether (sulfide) groups is 1. The van der Waals surface area contributed by atoms with Crippen LogP contribution in [0.3, 0.4) is 0 Å². The van der Waals surface area contributed by atoms with Crippen LogP contribution in [0.2, 0.25) is 0 Å². The molecule has 2 radical (unpaired) electrons. The van der Waals surface area contributed by atoms with Crippen molar-refractivity contribution in [1.82, 2.24) is 0 Å². The van der Waals surface area contributed by atoms with E-state index in [4.69, 9.17) is 10.2 Å². The summed E-state index contributed by atoms with van der Waals surface area (Å²) in [5.74, 6) is 2.14. The topological polar surface area (TPSA) is 40.5 Å². The summed E-state index contributed by atoms with van der Waals surface area (Å²) in [4.78, 5) is 0. The molecule has 0 aliphatic carbocycles. The van der Waals surface area contributed by atoms with Crippen molar-refractivity contribution in [2.75, 3.05) is 0 Å². The fraction of sp³-hybridized carbons (Fsp3) is 0. The van der Waals surface area contributed by atoms with Crippen molar-refractivity contribution >= 4 is 11.8 Å². The molecule has 0 saturated heterocycles. The highest BCUT2D eigenvalue weighted by molar-refractivity contribution is 8.04. The smallest absolute Gasteiger partial charge is 0.155 e. The van der Waals surface area contributed by atoms with Gasteiger partial charge in [-0.3, -0.25) is 0 Å². The van der Waals surface area contributed by atoms with E-state index in [1.807, 2.05) is 0 Å². The van der Waals surface area contributed by atoms with Gasteiger partial charge in [0.1, 0.15) is 5.75 Å². The number of aliphatic hydroxyl groups excluding tert-OH is 2. The SMILES string of the molecule is OC1=C(O)C=CS[C]1. The quantitative estimate of drug-likeness (QED) is 0.520. The maximum absolute atomic E-state index is 8.64. The third-order valence-corrected chi connectivity index (χ3v) is 1.28. The molecule has 0 atom stereocenters. The van der Waals surface area contributed by atoms with E-state index >= 15 is 0 Å². The molecule has 42 valence electrons. The zero-order valence-corrected chi connectivity index (χ0v) is 4.77. The average Bonchev–Trinajstić information content (AvgIpc) is 1.77. The molecule has 0 unspecified atom stereocenters. The van der Waals surface area contributed by atoms with Crippen LogP contribution in [0.15, 0.2) is 23.0 Å². The Morgan fingerprint density at radius 3 is 2.62 bits per heavy atom. The maximum Gasteiger partial charge on any atom is 0.155 e. The molecule has 3 heteroatoms. The van der Waals surface area contributed by atoms with Crippen LogP contribution in [0.1, 0.15) is 0 Å². The number of hydrogen-bond acceptors (Lipinski definition) is 3. The van der Waals surface area contributed by atoms with Crippen molar-refractivity contribution in [2.24, 2.45) is 0 Å². The molecule has 0 spiro atoms. The van der Waals surface area contributed by atoms with E-state index in [9.17, 15) is 0 Å². The summed E-state index contributed by atoms with van der Waals surface area (Å²) in [7, 11) is 0. The van der Waals surface area contributed by atoms with Crippen LogP contribution in [0.4, 0.5) is 0 Å². The molecule has 0 fully saturated rings. The standard InChI is InChI=1S/C5H4O2S/c6-4-1-2-8-3-5(4)7/h1-2,6-7H. The molecule has 1 rings (SSSR count). The Balaban J connectivity index is 2.76. The Hall–Kier alpha value is -0.570. The van der Waals surface area contributed by atoms with E-state index in [-0.39, 0.29) is 11.5 Å². The summed E-state index contributed by atoms with van der Waals surface area (Å²) in [5, 5.41) is 18.9. The Morgan fingerprint density at radius 1 is 1.50 bits per heavy atom. The van der Waals surface area contributed by atoms with Gasteiger partial charge in [0.2, 0.25) is 0 Å². The first-order valence-corrected chi connectivity index (χ1v) is 2.89. The average molecular weight is 128 g/mol. The minimum atomic E-state index is -0.183. The highest BCUT2D eigenvalue weighted by Crippen LogP contribution is 2.21. The molecular formula is C5H4O2S. The summed E-state index contributed by atoms with van der Waals surface area (Å²) in [6.45, 7) is 0. The van der Waals surface area contributed by atoms with Gasteiger partial charge in [-0.2, -0.15) is 0 Å². The van der Waals surface area contributed by atoms with Crippen LogP contribution in [-0.2, 0) is 0 Å². The van der Waals surface area contributed by atoms with Gasteiger partial charge in [-0.15, -0.1) is 11.8 Å². The predicted octanol–water partition coefficient (Wildman–Crippen LogP) is 1.61. The van der Waals surface area contributed by atoms with Crippen LogP contribution in [0, 0.1) is 5.75 Å². The third-order valence-electron chi connectivity index (χ3n) is 0.692. The van der Waals surface area contributed by atoms with Crippen molar-refractivity contribution < 1.29 is 10.2 Å². The first-order chi connectivity index (χ1) is 3.80. The van der Waals surface area contributed by atoms with Crippen LogP contribution < -0.4 is 0 Å². The third kappa shape index (κ3) is 0.980. The van der Waals surface area contributed by atoms with Crippen molar-refractivity contribution in [2.45, 2.75) is 0 Å². The van der Waals surface area contributed by atoms with Gasteiger partial charge in [0.15, 0.2) is 11.5 Å². The van der Waals surface area contributed by atoms with E-state index in [2.05, 4.69) is 5.75 Å². The maximum atomic E-state index is 8.64. The summed E-state index contributed by atoms with van der Waals surface area (Å²) >= 11 is 1.21. The van der Waals surface area contributed by atoms with Gasteiger partial charge in [-0.1, -0.05) is 0 Å². The summed E-state index contributed by atoms with van der Waals surface area (Å²) < 4.78 is 0. The van der Waals surface area contributed by atoms with E-state index in [0.29, 0.717) is 0 Å². The van der Waals surface area contributed by atoms with Crippen molar-refractivity contribution in [1.29, 1.82) is 0 Å². The van der Waals surface area contributed by atoms with Gasteiger partial charge in [-0.25, -0.2) is 0 Å². The predicted molar refractivity (Wildman–Crippen MR) is 32.3 cm³/mol. The molecule has 1 heterocycles. The fourth-order valence-corrected chi connectivity index (χ4v) is 0.801. The van der Waals surface area contributed by atoms with E-state index < -0.39 is 0 Å². The van der Waals surface area contributed by atoms with Crippen LogP contribution in [0.5, 0.6) is 0 Å². The first kappa shape index (κ1) is 5.56.